The highest BCUT2D eigenvalue weighted by Crippen LogP contribution is 2.34. The molecule has 3 nitrogen and oxygen atoms in total. The molecule has 3 N–H and O–H groups in total. The van der Waals surface area contributed by atoms with Gasteiger partial charge in [-0.15, -0.1) is 0 Å². The standard InChI is InChI=1S/C35H30F3N3S/c36-35(37,38)29-21-23-30(24-22-29)39-34(42)41-33(28-19-11-4-12-20-28)32(27-17-9-3-10-18-27)40-31(25-13-5-1-6-14-25)26-15-7-2-8-16-26/h1-24,31-33,40H,(H2,39,41,42)/t32-,33-/m1/s1. The maximum absolute atomic E-state index is 13.1. The molecule has 0 amide bonds. The SMILES string of the molecule is FC(F)(F)c1ccc(NC(=S)N[C@H](c2ccccc2)[C@H](NC(c2ccccc2)c2ccccc2)c2ccccc2)cc1. The van der Waals surface area contributed by atoms with Crippen LogP contribution in [0.1, 0.15) is 45.9 Å². The first-order valence-electron chi connectivity index (χ1n) is 13.6. The van der Waals surface area contributed by atoms with Gasteiger partial charge >= 0.3 is 6.18 Å². The summed E-state index contributed by atoms with van der Waals surface area (Å²) in [7, 11) is 0. The molecule has 212 valence electrons. The lowest BCUT2D eigenvalue weighted by atomic mass is 9.90. The van der Waals surface area contributed by atoms with Crippen LogP contribution in [0.5, 0.6) is 0 Å². The summed E-state index contributed by atoms with van der Waals surface area (Å²) in [6, 6.07) is 44.8. The van der Waals surface area contributed by atoms with Gasteiger partial charge in [-0.2, -0.15) is 13.2 Å². The molecule has 0 aromatic heterocycles. The summed E-state index contributed by atoms with van der Waals surface area (Å²) in [5.74, 6) is 0. The van der Waals surface area contributed by atoms with Gasteiger partial charge < -0.3 is 10.6 Å². The Morgan fingerprint density at radius 1 is 0.524 bits per heavy atom. The molecule has 0 aliphatic rings. The van der Waals surface area contributed by atoms with E-state index < -0.39 is 11.7 Å². The van der Waals surface area contributed by atoms with E-state index in [1.807, 2.05) is 84.9 Å². The minimum atomic E-state index is -4.40. The number of thiocarbonyl (C=S) groups is 1. The fourth-order valence-corrected chi connectivity index (χ4v) is 5.22. The normalized spacial score (nSPS) is 12.9. The van der Waals surface area contributed by atoms with Gasteiger partial charge in [0.25, 0.3) is 0 Å². The molecule has 0 aliphatic carbocycles. The van der Waals surface area contributed by atoms with E-state index in [1.54, 1.807) is 0 Å². The number of rotatable bonds is 9. The van der Waals surface area contributed by atoms with Crippen LogP contribution in [-0.2, 0) is 6.18 Å². The second-order valence-corrected chi connectivity index (χ2v) is 10.3. The van der Waals surface area contributed by atoms with Crippen molar-refractivity contribution in [2.24, 2.45) is 0 Å². The van der Waals surface area contributed by atoms with Gasteiger partial charge in [0.1, 0.15) is 0 Å². The van der Waals surface area contributed by atoms with Crippen LogP contribution in [-0.4, -0.2) is 5.11 Å². The van der Waals surface area contributed by atoms with E-state index in [0.717, 1.165) is 34.4 Å². The van der Waals surface area contributed by atoms with Crippen LogP contribution in [0.25, 0.3) is 0 Å². The number of benzene rings is 5. The van der Waals surface area contributed by atoms with Crippen molar-refractivity contribution in [2.45, 2.75) is 24.3 Å². The Balaban J connectivity index is 1.50. The summed E-state index contributed by atoms with van der Waals surface area (Å²) in [5, 5.41) is 10.8. The molecule has 0 unspecified atom stereocenters. The predicted octanol–water partition coefficient (Wildman–Crippen LogP) is 8.85. The van der Waals surface area contributed by atoms with Crippen LogP contribution < -0.4 is 16.0 Å². The lowest BCUT2D eigenvalue weighted by molar-refractivity contribution is -0.137. The Kier molecular flexibility index (Phi) is 9.31. The second-order valence-electron chi connectivity index (χ2n) is 9.87. The molecule has 42 heavy (non-hydrogen) atoms. The van der Waals surface area contributed by atoms with Crippen molar-refractivity contribution in [1.29, 1.82) is 0 Å². The number of hydrogen-bond acceptors (Lipinski definition) is 2. The number of anilines is 1. The highest BCUT2D eigenvalue weighted by Gasteiger charge is 2.31. The average molecular weight is 582 g/mol. The van der Waals surface area contributed by atoms with Gasteiger partial charge in [-0.1, -0.05) is 121 Å². The fraction of sp³-hybridized carbons (Fsp3) is 0.114. The van der Waals surface area contributed by atoms with Gasteiger partial charge in [-0.05, 0) is 58.7 Å². The van der Waals surface area contributed by atoms with Gasteiger partial charge in [0, 0.05) is 5.69 Å². The van der Waals surface area contributed by atoms with Crippen LogP contribution in [0.2, 0.25) is 0 Å². The monoisotopic (exact) mass is 581 g/mol. The van der Waals surface area contributed by atoms with Crippen LogP contribution in [0.15, 0.2) is 146 Å². The lowest BCUT2D eigenvalue weighted by Gasteiger charge is -2.34. The molecule has 5 aromatic carbocycles. The quantitative estimate of drug-likeness (QED) is 0.152. The third-order valence-electron chi connectivity index (χ3n) is 7.02. The van der Waals surface area contributed by atoms with Crippen molar-refractivity contribution in [3.05, 3.63) is 173 Å². The van der Waals surface area contributed by atoms with Crippen LogP contribution >= 0.6 is 12.2 Å². The molecule has 5 aromatic rings. The zero-order chi connectivity index (χ0) is 29.4. The maximum Gasteiger partial charge on any atom is 0.416 e. The van der Waals surface area contributed by atoms with Crippen molar-refractivity contribution in [1.82, 2.24) is 10.6 Å². The highest BCUT2D eigenvalue weighted by molar-refractivity contribution is 7.80. The van der Waals surface area contributed by atoms with Gasteiger partial charge in [0.05, 0.1) is 23.7 Å². The first-order chi connectivity index (χ1) is 20.4. The molecule has 0 bridgehead atoms. The summed E-state index contributed by atoms with van der Waals surface area (Å²) in [6.45, 7) is 0. The first-order valence-corrected chi connectivity index (χ1v) is 14.0. The van der Waals surface area contributed by atoms with Crippen molar-refractivity contribution in [3.8, 4) is 0 Å². The summed E-state index contributed by atoms with van der Waals surface area (Å²) in [5.41, 5.74) is 4.02. The fourth-order valence-electron chi connectivity index (χ4n) is 4.97. The molecule has 2 atom stereocenters. The molecule has 0 aliphatic heterocycles. The number of alkyl halides is 3. The van der Waals surface area contributed by atoms with E-state index >= 15 is 0 Å². The van der Waals surface area contributed by atoms with Crippen LogP contribution in [0, 0.1) is 0 Å². The first kappa shape index (κ1) is 29.0. The van der Waals surface area contributed by atoms with E-state index in [9.17, 15) is 13.2 Å². The van der Waals surface area contributed by atoms with Gasteiger partial charge in [-0.3, -0.25) is 5.32 Å². The van der Waals surface area contributed by atoms with Crippen LogP contribution in [0.4, 0.5) is 18.9 Å². The molecule has 0 saturated carbocycles. The zero-order valence-electron chi connectivity index (χ0n) is 22.6. The smallest absolute Gasteiger partial charge is 0.354 e. The molecule has 0 fully saturated rings. The molecule has 0 radical (unpaired) electrons. The Labute approximate surface area is 249 Å². The average Bonchev–Trinajstić information content (AvgIpc) is 3.02. The molecule has 0 saturated heterocycles. The van der Waals surface area contributed by atoms with Crippen molar-refractivity contribution >= 4 is 23.0 Å². The lowest BCUT2D eigenvalue weighted by Crippen LogP contribution is -2.41. The Morgan fingerprint density at radius 3 is 1.36 bits per heavy atom. The summed E-state index contributed by atoms with van der Waals surface area (Å²) in [6.07, 6.45) is -4.40. The molecule has 0 heterocycles. The predicted molar refractivity (Wildman–Crippen MR) is 167 cm³/mol. The second kappa shape index (κ2) is 13.5. The van der Waals surface area contributed by atoms with E-state index in [-0.39, 0.29) is 18.1 Å². The van der Waals surface area contributed by atoms with E-state index in [2.05, 4.69) is 52.3 Å². The highest BCUT2D eigenvalue weighted by atomic mass is 32.1. The summed E-state index contributed by atoms with van der Waals surface area (Å²) in [4.78, 5) is 0. The van der Waals surface area contributed by atoms with Crippen molar-refractivity contribution < 1.29 is 13.2 Å². The zero-order valence-corrected chi connectivity index (χ0v) is 23.4. The Hall–Kier alpha value is -4.46. The molecule has 5 rings (SSSR count). The van der Waals surface area contributed by atoms with Gasteiger partial charge in [0.2, 0.25) is 0 Å². The topological polar surface area (TPSA) is 36.1 Å². The Bertz CT molecular complexity index is 1510. The summed E-state index contributed by atoms with van der Waals surface area (Å²) >= 11 is 5.72. The van der Waals surface area contributed by atoms with E-state index in [0.29, 0.717) is 10.8 Å². The number of halogens is 3. The number of hydrogen-bond donors (Lipinski definition) is 3. The molecular formula is C35H30F3N3S. The molecule has 0 spiro atoms. The minimum absolute atomic E-state index is 0.137. The van der Waals surface area contributed by atoms with Crippen molar-refractivity contribution in [3.63, 3.8) is 0 Å². The minimum Gasteiger partial charge on any atom is -0.354 e. The third kappa shape index (κ3) is 7.43. The summed E-state index contributed by atoms with van der Waals surface area (Å²) < 4.78 is 39.2. The van der Waals surface area contributed by atoms with Crippen molar-refractivity contribution in [2.75, 3.05) is 5.32 Å². The largest absolute Gasteiger partial charge is 0.416 e. The van der Waals surface area contributed by atoms with Gasteiger partial charge in [0.15, 0.2) is 5.11 Å². The van der Waals surface area contributed by atoms with Gasteiger partial charge in [-0.25, -0.2) is 0 Å². The van der Waals surface area contributed by atoms with E-state index in [4.69, 9.17) is 12.2 Å². The van der Waals surface area contributed by atoms with Crippen LogP contribution in [0.3, 0.4) is 0 Å². The maximum atomic E-state index is 13.1. The van der Waals surface area contributed by atoms with E-state index in [1.165, 1.54) is 12.1 Å². The Morgan fingerprint density at radius 2 is 0.929 bits per heavy atom. The molecule has 7 heteroatoms. The molecular weight excluding hydrogens is 551 g/mol. The number of nitrogens with one attached hydrogen (secondary N) is 3. The third-order valence-corrected chi connectivity index (χ3v) is 7.24.